The van der Waals surface area contributed by atoms with Crippen molar-refractivity contribution in [1.82, 2.24) is 0 Å². The first-order valence-corrected chi connectivity index (χ1v) is 29.6. The molecule has 38 heavy (non-hydrogen) atoms. The van der Waals surface area contributed by atoms with Gasteiger partial charge in [-0.1, -0.05) is 97.8 Å². The standard InChI is InChI=1S/C31H58Si2.2CH3.2ClH.Zr/c1-7-12-22(2)29-21-31(27-16-11-10-15-25(27)29)33(5,6)32(3,4)30-20-19-26-24-14-9-8-13-23(24)17-18-28(26)30;;;;;/h22-31H,7-21H2,1-6H3;2*1H3;2*1H;/q;2*-1;;;+4/p-2. The molecule has 0 heterocycles. The number of rotatable bonds is 6. The third-order valence-corrected chi connectivity index (χ3v) is 34.3. The Labute approximate surface area is 260 Å². The molecule has 222 valence electrons. The van der Waals surface area contributed by atoms with Crippen LogP contribution in [-0.2, 0) is 20.8 Å². The summed E-state index contributed by atoms with van der Waals surface area (Å²) in [6, 6.07) is 0. The Morgan fingerprint density at radius 2 is 1.16 bits per heavy atom. The van der Waals surface area contributed by atoms with Gasteiger partial charge in [-0.15, -0.1) is 0 Å². The molecule has 5 aliphatic carbocycles. The molecule has 0 nitrogen and oxygen atoms in total. The molecule has 0 amide bonds. The maximum absolute atomic E-state index is 4.93. The second-order valence-electron chi connectivity index (χ2n) is 15.2. The molecule has 0 radical (unpaired) electrons. The normalized spacial score (nSPS) is 39.1. The van der Waals surface area contributed by atoms with E-state index in [4.69, 9.17) is 17.0 Å². The number of hydrogen-bond donors (Lipinski definition) is 0. The molecule has 10 atom stereocenters. The molecule has 5 fully saturated rings. The van der Waals surface area contributed by atoms with Crippen molar-refractivity contribution in [2.24, 2.45) is 47.3 Å². The molecule has 0 spiro atoms. The van der Waals surface area contributed by atoms with E-state index in [9.17, 15) is 0 Å². The van der Waals surface area contributed by atoms with Gasteiger partial charge in [-0.05, 0) is 97.0 Å². The first-order chi connectivity index (χ1) is 17.2. The number of fused-ring (bicyclic) bond motifs is 4. The van der Waals surface area contributed by atoms with E-state index in [1.165, 1.54) is 23.9 Å². The van der Waals surface area contributed by atoms with Crippen molar-refractivity contribution in [1.29, 1.82) is 0 Å². The average Bonchev–Trinajstić information content (AvgIpc) is 3.48. The van der Waals surface area contributed by atoms with Crippen molar-refractivity contribution >= 4 is 32.2 Å². The summed E-state index contributed by atoms with van der Waals surface area (Å²) < 4.78 is 0. The van der Waals surface area contributed by atoms with Gasteiger partial charge in [0, 0.05) is 15.2 Å². The maximum atomic E-state index is 4.93. The Balaban J connectivity index is 0.000000969. The van der Waals surface area contributed by atoms with Gasteiger partial charge in [-0.2, -0.15) is 0 Å². The van der Waals surface area contributed by atoms with Crippen LogP contribution in [0.4, 0.5) is 0 Å². The first-order valence-electron chi connectivity index (χ1n) is 16.1. The van der Waals surface area contributed by atoms with Crippen LogP contribution < -0.4 is 0 Å². The van der Waals surface area contributed by atoms with Crippen molar-refractivity contribution in [2.75, 3.05) is 0 Å². The Hall–Kier alpha value is 1.90. The predicted molar refractivity (Wildman–Crippen MR) is 176 cm³/mol. The van der Waals surface area contributed by atoms with Crippen LogP contribution in [0.2, 0.25) is 37.3 Å². The van der Waals surface area contributed by atoms with Gasteiger partial charge >= 0.3 is 37.9 Å². The van der Waals surface area contributed by atoms with Gasteiger partial charge in [0.15, 0.2) is 0 Å². The molecule has 0 bridgehead atoms. The van der Waals surface area contributed by atoms with Gasteiger partial charge < -0.3 is 14.9 Å². The zero-order valence-electron chi connectivity index (χ0n) is 26.6. The van der Waals surface area contributed by atoms with Crippen molar-refractivity contribution in [3.05, 3.63) is 14.9 Å². The van der Waals surface area contributed by atoms with E-state index in [1.54, 1.807) is 83.5 Å². The van der Waals surface area contributed by atoms with Crippen molar-refractivity contribution in [3.8, 4) is 0 Å². The molecule has 0 aromatic rings. The fraction of sp³-hybridized carbons (Fsp3) is 0.939. The quantitative estimate of drug-likeness (QED) is 0.194. The molecule has 0 aromatic heterocycles. The fourth-order valence-electron chi connectivity index (χ4n) is 11.5. The zero-order chi connectivity index (χ0) is 26.1. The van der Waals surface area contributed by atoms with Crippen LogP contribution in [0.1, 0.15) is 110 Å². The van der Waals surface area contributed by atoms with Crippen LogP contribution in [0, 0.1) is 62.2 Å². The molecule has 0 aromatic carbocycles. The zero-order valence-corrected chi connectivity index (χ0v) is 32.6. The molecular formula is C33H64Cl2Si2Zr. The summed E-state index contributed by atoms with van der Waals surface area (Å²) in [4.78, 5) is 0. The van der Waals surface area contributed by atoms with Crippen molar-refractivity contribution in [3.63, 3.8) is 0 Å². The third kappa shape index (κ3) is 6.99. The molecule has 0 aliphatic heterocycles. The summed E-state index contributed by atoms with van der Waals surface area (Å²) in [7, 11) is 7.36. The van der Waals surface area contributed by atoms with Crippen LogP contribution in [0.5, 0.6) is 0 Å². The summed E-state index contributed by atoms with van der Waals surface area (Å²) in [6.07, 6.45) is 23.6. The van der Waals surface area contributed by atoms with E-state index in [1.807, 2.05) is 0 Å². The van der Waals surface area contributed by atoms with E-state index in [2.05, 4.69) is 40.0 Å². The van der Waals surface area contributed by atoms with Crippen LogP contribution in [0.25, 0.3) is 0 Å². The predicted octanol–water partition coefficient (Wildman–Crippen LogP) is 12.4. The van der Waals surface area contributed by atoms with Crippen LogP contribution in [-0.4, -0.2) is 15.2 Å². The SMILES string of the molecule is CCCC(C)C1CC([Si](C)(C)[Si](C)(C)C2CCC3C4CCCCC4CCC32)C2CCCCC12.[CH3-].[CH3-].[Cl][Zr+2][Cl]. The molecule has 0 N–H and O–H groups in total. The molecule has 5 rings (SSSR count). The van der Waals surface area contributed by atoms with E-state index in [-0.39, 0.29) is 14.9 Å². The van der Waals surface area contributed by atoms with Crippen LogP contribution >= 0.6 is 17.0 Å². The molecule has 0 saturated heterocycles. The number of halogens is 2. The van der Waals surface area contributed by atoms with Gasteiger partial charge in [-0.25, -0.2) is 0 Å². The van der Waals surface area contributed by atoms with Gasteiger partial charge in [0.1, 0.15) is 0 Å². The molecule has 5 heteroatoms. The van der Waals surface area contributed by atoms with E-state index in [0.717, 1.165) is 47.3 Å². The van der Waals surface area contributed by atoms with E-state index < -0.39 is 36.0 Å². The summed E-state index contributed by atoms with van der Waals surface area (Å²) in [5, 5.41) is 0. The summed E-state index contributed by atoms with van der Waals surface area (Å²) in [5.41, 5.74) is 2.35. The minimum atomic E-state index is -1.26. The van der Waals surface area contributed by atoms with E-state index >= 15 is 0 Å². The fourth-order valence-corrected chi connectivity index (χ4v) is 25.9. The Bertz CT molecular complexity index is 700. The third-order valence-electron chi connectivity index (χ3n) is 13.7. The van der Waals surface area contributed by atoms with Gasteiger partial charge in [0.25, 0.3) is 0 Å². The minimum absolute atomic E-state index is 0. The van der Waals surface area contributed by atoms with Crippen LogP contribution in [0.3, 0.4) is 0 Å². The molecule has 5 aliphatic rings. The summed E-state index contributed by atoms with van der Waals surface area (Å²) in [6.45, 7) is 16.9. The second-order valence-corrected chi connectivity index (χ2v) is 35.0. The summed E-state index contributed by atoms with van der Waals surface area (Å²) in [5.74, 6) is 8.87. The average molecular weight is 679 g/mol. The van der Waals surface area contributed by atoms with E-state index in [0.29, 0.717) is 0 Å². The van der Waals surface area contributed by atoms with Crippen LogP contribution in [0.15, 0.2) is 0 Å². The molecule has 5 saturated carbocycles. The monoisotopic (exact) mass is 676 g/mol. The Kier molecular flexibility index (Phi) is 14.8. The van der Waals surface area contributed by atoms with Gasteiger partial charge in [0.2, 0.25) is 0 Å². The topological polar surface area (TPSA) is 0 Å². The first kappa shape index (κ1) is 36.1. The van der Waals surface area contributed by atoms with Gasteiger partial charge in [0.05, 0.1) is 0 Å². The Morgan fingerprint density at radius 3 is 1.79 bits per heavy atom. The van der Waals surface area contributed by atoms with Crippen molar-refractivity contribution < 1.29 is 20.8 Å². The van der Waals surface area contributed by atoms with Crippen molar-refractivity contribution in [2.45, 2.75) is 147 Å². The second kappa shape index (κ2) is 15.6. The molecule has 10 unspecified atom stereocenters. The molecular weight excluding hydrogens is 615 g/mol. The Morgan fingerprint density at radius 1 is 0.658 bits per heavy atom. The summed E-state index contributed by atoms with van der Waals surface area (Å²) >= 11 is -0.826. The number of hydrogen-bond acceptors (Lipinski definition) is 0. The van der Waals surface area contributed by atoms with Gasteiger partial charge in [-0.3, -0.25) is 0 Å².